The molecule has 5 fully saturated rings. The lowest BCUT2D eigenvalue weighted by atomic mass is 9.88. The third-order valence-corrected chi connectivity index (χ3v) is 13.3. The van der Waals surface area contributed by atoms with E-state index < -0.39 is 0 Å². The summed E-state index contributed by atoms with van der Waals surface area (Å²) in [7, 11) is 0. The lowest BCUT2D eigenvalue weighted by Crippen LogP contribution is -2.60. The maximum atomic E-state index is 13.7. The van der Waals surface area contributed by atoms with Gasteiger partial charge in [0, 0.05) is 73.0 Å². The topological polar surface area (TPSA) is 142 Å². The molecule has 4 saturated heterocycles. The van der Waals surface area contributed by atoms with Crippen molar-refractivity contribution in [2.24, 2.45) is 5.41 Å². The van der Waals surface area contributed by atoms with Gasteiger partial charge in [-0.2, -0.15) is 15.2 Å². The maximum Gasteiger partial charge on any atom is 0.345 e. The fourth-order valence-corrected chi connectivity index (χ4v) is 10.9. The Balaban J connectivity index is 1.05. The van der Waals surface area contributed by atoms with Crippen molar-refractivity contribution in [1.29, 1.82) is 5.26 Å². The minimum absolute atomic E-state index is 0.0216. The number of morpholine rings is 1. The number of esters is 1. The second kappa shape index (κ2) is 10.1. The van der Waals surface area contributed by atoms with Crippen LogP contribution in [0.1, 0.15) is 52.0 Å². The normalized spacial score (nSPS) is 29.2. The van der Waals surface area contributed by atoms with E-state index in [0.717, 1.165) is 76.4 Å². The predicted molar refractivity (Wildman–Crippen MR) is 166 cm³/mol. The highest BCUT2D eigenvalue weighted by atomic mass is 32.2. The number of ether oxygens (including phenoxy) is 3. The Kier molecular flexibility index (Phi) is 6.30. The third-order valence-electron chi connectivity index (χ3n) is 10.6. The fourth-order valence-electron chi connectivity index (χ4n) is 8.09. The van der Waals surface area contributed by atoms with Crippen molar-refractivity contribution in [2.45, 2.75) is 54.3 Å². The molecule has 44 heavy (non-hydrogen) atoms. The number of cyclic esters (lactones) is 1. The summed E-state index contributed by atoms with van der Waals surface area (Å²) in [6, 6.07) is 3.31. The van der Waals surface area contributed by atoms with Crippen LogP contribution in [0.4, 0.5) is 16.6 Å². The fraction of sp³-hybridized carbons (Fsp3) is 0.667. The van der Waals surface area contributed by atoms with Crippen LogP contribution in [0.3, 0.4) is 0 Å². The Morgan fingerprint density at radius 1 is 1.18 bits per heavy atom. The van der Waals surface area contributed by atoms with Crippen LogP contribution in [-0.2, 0) is 20.0 Å². The first kappa shape index (κ1) is 27.5. The van der Waals surface area contributed by atoms with Crippen molar-refractivity contribution in [2.75, 3.05) is 81.2 Å². The van der Waals surface area contributed by atoms with E-state index in [9.17, 15) is 10.1 Å². The lowest BCUT2D eigenvalue weighted by molar-refractivity contribution is 0.0231. The summed E-state index contributed by atoms with van der Waals surface area (Å²) in [6.07, 6.45) is 4.41. The zero-order chi connectivity index (χ0) is 29.6. The van der Waals surface area contributed by atoms with Gasteiger partial charge in [-0.3, -0.25) is 4.90 Å². The molecular formula is C30H36N8O4S2. The first-order valence-corrected chi connectivity index (χ1v) is 17.5. The number of thiophene rings is 1. The van der Waals surface area contributed by atoms with E-state index in [1.165, 1.54) is 16.2 Å². The number of piperazine rings is 1. The van der Waals surface area contributed by atoms with E-state index in [-0.39, 0.29) is 28.2 Å². The molecule has 2 bridgehead atoms. The molecule has 1 saturated carbocycles. The third kappa shape index (κ3) is 4.30. The van der Waals surface area contributed by atoms with Crippen molar-refractivity contribution >= 4 is 45.7 Å². The number of carbonyl (C=O) groups excluding carboxylic acids is 1. The van der Waals surface area contributed by atoms with Gasteiger partial charge in [-0.1, -0.05) is 0 Å². The second-order valence-electron chi connectivity index (χ2n) is 13.5. The van der Waals surface area contributed by atoms with Crippen molar-refractivity contribution in [3.05, 3.63) is 21.6 Å². The van der Waals surface area contributed by atoms with Crippen LogP contribution in [0.25, 0.3) is 0 Å². The average Bonchev–Trinajstić information content (AvgIpc) is 3.39. The standard InChI is InChI=1S/C30H36N8O4S2/c31-9-18-23-21(44-24(18)32)12-43-30(23)14-37(15-30)25-22-26(38-10-17-1-2-19(33-17)20(38)11-41-27(22)39)35-28(34-25)42-16-29(3-4-29)13-36-5-7-40-8-6-36/h17,19-20,33H,1-8,10-16,32H2/t17-,19?,20?/m0/s1. The molecule has 9 rings (SSSR count). The van der Waals surface area contributed by atoms with Crippen LogP contribution < -0.4 is 25.6 Å². The van der Waals surface area contributed by atoms with Gasteiger partial charge in [-0.05, 0) is 25.7 Å². The molecule has 7 aliphatic rings. The number of hydrogen-bond acceptors (Lipinski definition) is 14. The van der Waals surface area contributed by atoms with Gasteiger partial charge in [0.05, 0.1) is 36.2 Å². The van der Waals surface area contributed by atoms with E-state index in [2.05, 4.69) is 26.1 Å². The van der Waals surface area contributed by atoms with Gasteiger partial charge in [0.1, 0.15) is 23.2 Å². The largest absolute Gasteiger partial charge is 0.463 e. The quantitative estimate of drug-likeness (QED) is 0.447. The van der Waals surface area contributed by atoms with Crippen molar-refractivity contribution in [1.82, 2.24) is 20.2 Å². The van der Waals surface area contributed by atoms with Gasteiger partial charge < -0.3 is 35.1 Å². The molecule has 8 heterocycles. The number of nitriles is 1. The molecule has 3 N–H and O–H groups in total. The van der Waals surface area contributed by atoms with Gasteiger partial charge in [-0.25, -0.2) is 4.79 Å². The Bertz CT molecular complexity index is 1560. The lowest BCUT2D eigenvalue weighted by Gasteiger charge is -2.49. The number of nitrogens with zero attached hydrogens (tertiary/aromatic N) is 6. The molecule has 0 aromatic carbocycles. The molecule has 12 nitrogen and oxygen atoms in total. The number of nitrogens with two attached hydrogens (primary N) is 1. The zero-order valence-electron chi connectivity index (χ0n) is 24.5. The van der Waals surface area contributed by atoms with E-state index in [1.54, 1.807) is 0 Å². The van der Waals surface area contributed by atoms with E-state index >= 15 is 0 Å². The Morgan fingerprint density at radius 3 is 2.80 bits per heavy atom. The smallest absolute Gasteiger partial charge is 0.345 e. The molecule has 232 valence electrons. The van der Waals surface area contributed by atoms with Gasteiger partial charge in [0.25, 0.3) is 0 Å². The summed E-state index contributed by atoms with van der Waals surface area (Å²) in [5.74, 6) is 1.66. The molecular weight excluding hydrogens is 601 g/mol. The summed E-state index contributed by atoms with van der Waals surface area (Å²) >= 11 is 3.38. The first-order chi connectivity index (χ1) is 21.4. The molecule has 2 aromatic rings. The number of rotatable bonds is 6. The van der Waals surface area contributed by atoms with E-state index in [0.29, 0.717) is 66.1 Å². The number of nitrogen functional groups attached to an aromatic ring is 1. The second-order valence-corrected chi connectivity index (χ2v) is 16.0. The van der Waals surface area contributed by atoms with Gasteiger partial charge in [-0.15, -0.1) is 23.1 Å². The monoisotopic (exact) mass is 636 g/mol. The van der Waals surface area contributed by atoms with E-state index in [4.69, 9.17) is 29.9 Å². The molecule has 2 aromatic heterocycles. The van der Waals surface area contributed by atoms with Crippen molar-refractivity contribution < 1.29 is 19.0 Å². The van der Waals surface area contributed by atoms with E-state index in [1.807, 2.05) is 11.8 Å². The van der Waals surface area contributed by atoms with Crippen molar-refractivity contribution in [3.8, 4) is 12.1 Å². The van der Waals surface area contributed by atoms with Gasteiger partial charge in [0.15, 0.2) is 11.6 Å². The van der Waals surface area contributed by atoms with Crippen LogP contribution in [0.2, 0.25) is 0 Å². The number of nitrogens with one attached hydrogen (secondary N) is 1. The van der Waals surface area contributed by atoms with Crippen LogP contribution in [0, 0.1) is 16.7 Å². The highest BCUT2D eigenvalue weighted by Crippen LogP contribution is 2.58. The highest BCUT2D eigenvalue weighted by molar-refractivity contribution is 8.00. The number of anilines is 3. The minimum Gasteiger partial charge on any atom is -0.463 e. The molecule has 1 aliphatic carbocycles. The van der Waals surface area contributed by atoms with Crippen LogP contribution in [0.5, 0.6) is 6.01 Å². The van der Waals surface area contributed by atoms with Crippen LogP contribution >= 0.6 is 23.1 Å². The summed E-state index contributed by atoms with van der Waals surface area (Å²) in [4.78, 5) is 31.7. The van der Waals surface area contributed by atoms with Crippen LogP contribution in [-0.4, -0.2) is 105 Å². The number of fused-ring (bicyclic) bond motifs is 8. The summed E-state index contributed by atoms with van der Waals surface area (Å²) in [5.41, 5.74) is 8.44. The highest BCUT2D eigenvalue weighted by Gasteiger charge is 2.54. The Hall–Kier alpha value is -2.83. The Labute approximate surface area is 264 Å². The molecule has 6 aliphatic heterocycles. The summed E-state index contributed by atoms with van der Waals surface area (Å²) < 4.78 is 17.7. The van der Waals surface area contributed by atoms with Gasteiger partial charge >= 0.3 is 12.0 Å². The average molecular weight is 637 g/mol. The molecule has 14 heteroatoms. The summed E-state index contributed by atoms with van der Waals surface area (Å²) in [6.45, 7) is 7.35. The zero-order valence-corrected chi connectivity index (χ0v) is 26.2. The molecule has 3 atom stereocenters. The van der Waals surface area contributed by atoms with Crippen LogP contribution in [0.15, 0.2) is 0 Å². The number of hydrogen-bond donors (Lipinski definition) is 2. The SMILES string of the molecule is N#Cc1c(N)sc2c1C1(CN(c3nc(OCC4(CN5CCOCC5)CC4)nc4c3C(=O)OCC3C5CC[C@@H](CN43)N5)C1)SC2. The summed E-state index contributed by atoms with van der Waals surface area (Å²) in [5, 5.41) is 14.2. The number of carbonyl (C=O) groups is 1. The number of aromatic nitrogens is 2. The molecule has 2 unspecified atom stereocenters. The van der Waals surface area contributed by atoms with Crippen molar-refractivity contribution in [3.63, 3.8) is 0 Å². The van der Waals surface area contributed by atoms with Gasteiger partial charge in [0.2, 0.25) is 0 Å². The molecule has 0 radical (unpaired) electrons. The first-order valence-electron chi connectivity index (χ1n) is 15.7. The molecule has 1 spiro atoms. The number of thioether (sulfide) groups is 1. The minimum atomic E-state index is -0.379. The maximum absolute atomic E-state index is 13.7. The Morgan fingerprint density at radius 2 is 2.00 bits per heavy atom. The predicted octanol–water partition coefficient (Wildman–Crippen LogP) is 1.93. The molecule has 0 amide bonds.